The predicted octanol–water partition coefficient (Wildman–Crippen LogP) is 3.75. The van der Waals surface area contributed by atoms with Crippen molar-refractivity contribution in [1.82, 2.24) is 0 Å². The van der Waals surface area contributed by atoms with Gasteiger partial charge in [-0.1, -0.05) is 6.07 Å². The number of hydrogen-bond acceptors (Lipinski definition) is 3. The summed E-state index contributed by atoms with van der Waals surface area (Å²) in [5, 5.41) is 12.4. The van der Waals surface area contributed by atoms with Crippen LogP contribution in [0.5, 0.6) is 5.75 Å². The molecule has 2 rings (SSSR count). The summed E-state index contributed by atoms with van der Waals surface area (Å²) >= 11 is 6.45. The van der Waals surface area contributed by atoms with Gasteiger partial charge in [-0.2, -0.15) is 0 Å². The van der Waals surface area contributed by atoms with E-state index in [0.717, 1.165) is 0 Å². The Labute approximate surface area is 126 Å². The molecule has 0 aliphatic heterocycles. The second kappa shape index (κ2) is 5.63. The molecule has 4 nitrogen and oxygen atoms in total. The third-order valence-electron chi connectivity index (χ3n) is 2.50. The van der Waals surface area contributed by atoms with Crippen molar-refractivity contribution in [3.63, 3.8) is 0 Å². The highest BCUT2D eigenvalue weighted by Gasteiger charge is 2.11. The predicted molar refractivity (Wildman–Crippen MR) is 82.3 cm³/mol. The number of nitrogens with one attached hydrogen (secondary N) is 1. The Bertz CT molecular complexity index is 645. The summed E-state index contributed by atoms with van der Waals surface area (Å²) in [5.41, 5.74) is 7.00. The van der Waals surface area contributed by atoms with Crippen LogP contribution in [0.25, 0.3) is 0 Å². The zero-order valence-corrected chi connectivity index (χ0v) is 12.8. The van der Waals surface area contributed by atoms with Crippen LogP contribution in [0.2, 0.25) is 0 Å². The Hall–Kier alpha value is -1.53. The molecule has 19 heavy (non-hydrogen) atoms. The number of rotatable bonds is 2. The molecule has 0 fully saturated rings. The zero-order chi connectivity index (χ0) is 14.0. The Morgan fingerprint density at radius 3 is 2.58 bits per heavy atom. The Balaban J connectivity index is 2.26. The van der Waals surface area contributed by atoms with Crippen LogP contribution in [0, 0.1) is 0 Å². The highest BCUT2D eigenvalue weighted by Crippen LogP contribution is 2.32. The van der Waals surface area contributed by atoms with E-state index in [1.807, 2.05) is 0 Å². The number of nitrogens with two attached hydrogens (primary N) is 1. The number of carbonyl (C=O) groups is 1. The minimum absolute atomic E-state index is 0.00893. The number of para-hydroxylation sites is 1. The second-order valence-corrected chi connectivity index (χ2v) is 5.54. The number of carbonyl (C=O) groups excluding carboxylic acids is 1. The Kier molecular flexibility index (Phi) is 4.11. The van der Waals surface area contributed by atoms with Gasteiger partial charge in [0.25, 0.3) is 5.91 Å². The van der Waals surface area contributed by atoms with Gasteiger partial charge >= 0.3 is 0 Å². The van der Waals surface area contributed by atoms with Crippen LogP contribution in [0.4, 0.5) is 11.4 Å². The molecule has 1 amide bonds. The summed E-state index contributed by atoms with van der Waals surface area (Å²) in [6.45, 7) is 0. The molecule has 0 atom stereocenters. The SMILES string of the molecule is Nc1ccc(C(=O)Nc2cccc(Br)c2O)cc1Br. The summed E-state index contributed by atoms with van der Waals surface area (Å²) in [4.78, 5) is 12.0. The van der Waals surface area contributed by atoms with Gasteiger partial charge in [0.1, 0.15) is 0 Å². The van der Waals surface area contributed by atoms with Crippen molar-refractivity contribution >= 4 is 49.1 Å². The monoisotopic (exact) mass is 384 g/mol. The number of anilines is 2. The summed E-state index contributed by atoms with van der Waals surface area (Å²) < 4.78 is 1.17. The lowest BCUT2D eigenvalue weighted by molar-refractivity contribution is 0.102. The summed E-state index contributed by atoms with van der Waals surface area (Å²) in [5.74, 6) is -0.334. The summed E-state index contributed by atoms with van der Waals surface area (Å²) in [6, 6.07) is 9.90. The minimum atomic E-state index is -0.325. The zero-order valence-electron chi connectivity index (χ0n) is 9.65. The Morgan fingerprint density at radius 1 is 1.16 bits per heavy atom. The van der Waals surface area contributed by atoms with Crippen LogP contribution in [0.3, 0.4) is 0 Å². The third kappa shape index (κ3) is 3.08. The van der Waals surface area contributed by atoms with Gasteiger partial charge in [0.2, 0.25) is 0 Å². The molecular weight excluding hydrogens is 376 g/mol. The molecule has 4 N–H and O–H groups in total. The van der Waals surface area contributed by atoms with E-state index in [-0.39, 0.29) is 11.7 Å². The molecule has 2 aromatic carbocycles. The number of benzene rings is 2. The van der Waals surface area contributed by atoms with Crippen molar-refractivity contribution in [2.75, 3.05) is 11.1 Å². The van der Waals surface area contributed by atoms with Crippen molar-refractivity contribution < 1.29 is 9.90 Å². The molecule has 98 valence electrons. The number of nitrogen functional groups attached to an aromatic ring is 1. The van der Waals surface area contributed by atoms with Crippen molar-refractivity contribution in [3.8, 4) is 5.75 Å². The number of hydrogen-bond donors (Lipinski definition) is 3. The molecule has 6 heteroatoms. The molecule has 0 unspecified atom stereocenters. The van der Waals surface area contributed by atoms with Gasteiger partial charge in [-0.05, 0) is 62.2 Å². The van der Waals surface area contributed by atoms with Gasteiger partial charge in [-0.15, -0.1) is 0 Å². The lowest BCUT2D eigenvalue weighted by Crippen LogP contribution is -2.12. The van der Waals surface area contributed by atoms with Crippen LogP contribution in [0.15, 0.2) is 45.3 Å². The molecule has 0 heterocycles. The molecule has 0 saturated carbocycles. The quantitative estimate of drug-likeness (QED) is 0.544. The maximum Gasteiger partial charge on any atom is 0.255 e. The average molecular weight is 386 g/mol. The second-order valence-electron chi connectivity index (χ2n) is 3.83. The van der Waals surface area contributed by atoms with Crippen molar-refractivity contribution in [1.29, 1.82) is 0 Å². The van der Waals surface area contributed by atoms with Crippen LogP contribution in [-0.2, 0) is 0 Å². The first-order valence-electron chi connectivity index (χ1n) is 5.33. The summed E-state index contributed by atoms with van der Waals surface area (Å²) in [6.07, 6.45) is 0. The maximum absolute atomic E-state index is 12.0. The first-order valence-corrected chi connectivity index (χ1v) is 6.91. The highest BCUT2D eigenvalue weighted by atomic mass is 79.9. The topological polar surface area (TPSA) is 75.4 Å². The van der Waals surface area contributed by atoms with Gasteiger partial charge in [-0.3, -0.25) is 4.79 Å². The Morgan fingerprint density at radius 2 is 1.89 bits per heavy atom. The first kappa shape index (κ1) is 13.9. The number of halogens is 2. The normalized spacial score (nSPS) is 10.2. The third-order valence-corrected chi connectivity index (χ3v) is 3.82. The fourth-order valence-electron chi connectivity index (χ4n) is 1.48. The molecule has 0 radical (unpaired) electrons. The lowest BCUT2D eigenvalue weighted by Gasteiger charge is -2.09. The van der Waals surface area contributed by atoms with E-state index < -0.39 is 0 Å². The van der Waals surface area contributed by atoms with Crippen LogP contribution < -0.4 is 11.1 Å². The van der Waals surface area contributed by atoms with E-state index in [2.05, 4.69) is 37.2 Å². The van der Waals surface area contributed by atoms with Crippen LogP contribution in [0.1, 0.15) is 10.4 Å². The van der Waals surface area contributed by atoms with Gasteiger partial charge in [0.05, 0.1) is 10.2 Å². The number of phenolic OH excluding ortho intramolecular Hbond substituents is 1. The van der Waals surface area contributed by atoms with E-state index in [1.54, 1.807) is 36.4 Å². The molecule has 0 aliphatic carbocycles. The van der Waals surface area contributed by atoms with Crippen molar-refractivity contribution in [2.45, 2.75) is 0 Å². The molecule has 0 aromatic heterocycles. The molecule has 0 spiro atoms. The van der Waals surface area contributed by atoms with Crippen molar-refractivity contribution in [2.24, 2.45) is 0 Å². The summed E-state index contributed by atoms with van der Waals surface area (Å²) in [7, 11) is 0. The fourth-order valence-corrected chi connectivity index (χ4v) is 2.22. The van der Waals surface area contributed by atoms with E-state index in [4.69, 9.17) is 5.73 Å². The van der Waals surface area contributed by atoms with Gasteiger partial charge < -0.3 is 16.2 Å². The smallest absolute Gasteiger partial charge is 0.255 e. The van der Waals surface area contributed by atoms with Crippen LogP contribution >= 0.6 is 31.9 Å². The van der Waals surface area contributed by atoms with Gasteiger partial charge in [0, 0.05) is 15.7 Å². The van der Waals surface area contributed by atoms with E-state index in [0.29, 0.717) is 25.9 Å². The molecule has 0 bridgehead atoms. The largest absolute Gasteiger partial charge is 0.505 e. The average Bonchev–Trinajstić information content (AvgIpc) is 2.38. The van der Waals surface area contributed by atoms with Crippen molar-refractivity contribution in [3.05, 3.63) is 50.9 Å². The first-order chi connectivity index (χ1) is 8.99. The van der Waals surface area contributed by atoms with E-state index in [1.165, 1.54) is 0 Å². The van der Waals surface area contributed by atoms with E-state index >= 15 is 0 Å². The minimum Gasteiger partial charge on any atom is -0.505 e. The van der Waals surface area contributed by atoms with Gasteiger partial charge in [-0.25, -0.2) is 0 Å². The number of phenols is 1. The molecule has 0 saturated heterocycles. The van der Waals surface area contributed by atoms with Crippen LogP contribution in [-0.4, -0.2) is 11.0 Å². The lowest BCUT2D eigenvalue weighted by atomic mass is 10.2. The number of aromatic hydroxyl groups is 1. The fraction of sp³-hybridized carbons (Fsp3) is 0. The molecule has 0 aliphatic rings. The standard InChI is InChI=1S/C13H10Br2N2O2/c14-8-2-1-3-11(12(8)18)17-13(19)7-4-5-10(16)9(15)6-7/h1-6,18H,16H2,(H,17,19). The molecular formula is C13H10Br2N2O2. The maximum atomic E-state index is 12.0. The van der Waals surface area contributed by atoms with E-state index in [9.17, 15) is 9.90 Å². The number of amides is 1. The highest BCUT2D eigenvalue weighted by molar-refractivity contribution is 9.11. The molecule has 2 aromatic rings. The van der Waals surface area contributed by atoms with Gasteiger partial charge in [0.15, 0.2) is 5.75 Å².